The SMILES string of the molecule is CC(CCC1(C(C)C)CC1)c1cccc(Cl)c1. The third kappa shape index (κ3) is 3.04. The summed E-state index contributed by atoms with van der Waals surface area (Å²) in [6.45, 7) is 7.07. The molecular formula is C16H23Cl. The molecule has 1 saturated carbocycles. The highest BCUT2D eigenvalue weighted by Crippen LogP contribution is 2.56. The summed E-state index contributed by atoms with van der Waals surface area (Å²) >= 11 is 6.04. The molecule has 1 aliphatic carbocycles. The first-order valence-corrected chi connectivity index (χ1v) is 7.17. The number of rotatable bonds is 5. The van der Waals surface area contributed by atoms with Crippen molar-refractivity contribution in [2.45, 2.75) is 52.4 Å². The van der Waals surface area contributed by atoms with Crippen molar-refractivity contribution in [1.82, 2.24) is 0 Å². The standard InChI is InChI=1S/C16H23Cl/c1-12(2)16(9-10-16)8-7-13(3)14-5-4-6-15(17)11-14/h4-6,11-13H,7-10H2,1-3H3. The first kappa shape index (κ1) is 13.0. The highest BCUT2D eigenvalue weighted by atomic mass is 35.5. The van der Waals surface area contributed by atoms with Crippen LogP contribution < -0.4 is 0 Å². The van der Waals surface area contributed by atoms with E-state index in [1.165, 1.54) is 31.2 Å². The van der Waals surface area contributed by atoms with Crippen molar-refractivity contribution < 1.29 is 0 Å². The molecule has 0 aliphatic heterocycles. The molecule has 0 nitrogen and oxygen atoms in total. The van der Waals surface area contributed by atoms with Crippen molar-refractivity contribution in [1.29, 1.82) is 0 Å². The number of hydrogen-bond acceptors (Lipinski definition) is 0. The van der Waals surface area contributed by atoms with Gasteiger partial charge in [0, 0.05) is 5.02 Å². The van der Waals surface area contributed by atoms with E-state index in [0.29, 0.717) is 11.3 Å². The normalized spacial score (nSPS) is 19.4. The van der Waals surface area contributed by atoms with Crippen molar-refractivity contribution in [3.8, 4) is 0 Å². The third-order valence-electron chi connectivity index (χ3n) is 4.61. The molecule has 1 aromatic rings. The minimum Gasteiger partial charge on any atom is -0.0843 e. The number of benzene rings is 1. The Morgan fingerprint density at radius 2 is 1.94 bits per heavy atom. The molecule has 0 heterocycles. The Morgan fingerprint density at radius 1 is 1.24 bits per heavy atom. The van der Waals surface area contributed by atoms with Crippen molar-refractivity contribution in [2.75, 3.05) is 0 Å². The van der Waals surface area contributed by atoms with Crippen LogP contribution in [0.1, 0.15) is 57.9 Å². The zero-order valence-electron chi connectivity index (χ0n) is 11.2. The summed E-state index contributed by atoms with van der Waals surface area (Å²) in [4.78, 5) is 0. The Balaban J connectivity index is 1.92. The first-order chi connectivity index (χ1) is 8.03. The Kier molecular flexibility index (Phi) is 3.82. The second kappa shape index (κ2) is 5.02. The second-order valence-corrected chi connectivity index (χ2v) is 6.45. The van der Waals surface area contributed by atoms with Gasteiger partial charge in [0.2, 0.25) is 0 Å². The predicted molar refractivity (Wildman–Crippen MR) is 75.6 cm³/mol. The van der Waals surface area contributed by atoms with Crippen molar-refractivity contribution in [2.24, 2.45) is 11.3 Å². The zero-order chi connectivity index (χ0) is 12.5. The summed E-state index contributed by atoms with van der Waals surface area (Å²) in [5.41, 5.74) is 2.06. The molecule has 17 heavy (non-hydrogen) atoms. The van der Waals surface area contributed by atoms with E-state index in [9.17, 15) is 0 Å². The Hall–Kier alpha value is -0.490. The van der Waals surface area contributed by atoms with Gasteiger partial charge in [0.05, 0.1) is 0 Å². The van der Waals surface area contributed by atoms with E-state index in [0.717, 1.165) is 10.9 Å². The summed E-state index contributed by atoms with van der Waals surface area (Å²) < 4.78 is 0. The molecule has 1 atom stereocenters. The van der Waals surface area contributed by atoms with Gasteiger partial charge in [-0.1, -0.05) is 44.5 Å². The highest BCUT2D eigenvalue weighted by Gasteiger charge is 2.44. The van der Waals surface area contributed by atoms with E-state index >= 15 is 0 Å². The summed E-state index contributed by atoms with van der Waals surface area (Å²) in [6.07, 6.45) is 5.54. The first-order valence-electron chi connectivity index (χ1n) is 6.79. The summed E-state index contributed by atoms with van der Waals surface area (Å²) in [5.74, 6) is 1.47. The van der Waals surface area contributed by atoms with Crippen LogP contribution in [0.3, 0.4) is 0 Å². The molecule has 94 valence electrons. The summed E-state index contributed by atoms with van der Waals surface area (Å²) in [7, 11) is 0. The van der Waals surface area contributed by atoms with Crippen LogP contribution in [0, 0.1) is 11.3 Å². The Morgan fingerprint density at radius 3 is 2.47 bits per heavy atom. The fourth-order valence-corrected chi connectivity index (χ4v) is 2.96. The van der Waals surface area contributed by atoms with E-state index in [-0.39, 0.29) is 0 Å². The van der Waals surface area contributed by atoms with Gasteiger partial charge in [-0.25, -0.2) is 0 Å². The average molecular weight is 251 g/mol. The fourth-order valence-electron chi connectivity index (χ4n) is 2.76. The van der Waals surface area contributed by atoms with Crippen LogP contribution in [0.2, 0.25) is 5.02 Å². The van der Waals surface area contributed by atoms with Gasteiger partial charge in [-0.3, -0.25) is 0 Å². The Labute approximate surface area is 110 Å². The van der Waals surface area contributed by atoms with Crippen LogP contribution in [0.5, 0.6) is 0 Å². The quantitative estimate of drug-likeness (QED) is 0.633. The molecular weight excluding hydrogens is 228 g/mol. The van der Waals surface area contributed by atoms with Gasteiger partial charge in [-0.15, -0.1) is 0 Å². The van der Waals surface area contributed by atoms with E-state index in [2.05, 4.69) is 39.0 Å². The molecule has 0 N–H and O–H groups in total. The zero-order valence-corrected chi connectivity index (χ0v) is 11.9. The lowest BCUT2D eigenvalue weighted by Gasteiger charge is -2.22. The molecule has 1 fully saturated rings. The molecule has 0 spiro atoms. The van der Waals surface area contributed by atoms with Crippen molar-refractivity contribution >= 4 is 11.6 Å². The number of halogens is 1. The topological polar surface area (TPSA) is 0 Å². The van der Waals surface area contributed by atoms with Crippen LogP contribution in [0.4, 0.5) is 0 Å². The van der Waals surface area contributed by atoms with Crippen molar-refractivity contribution in [3.05, 3.63) is 34.9 Å². The molecule has 0 radical (unpaired) electrons. The lowest BCUT2D eigenvalue weighted by Crippen LogP contribution is -2.10. The van der Waals surface area contributed by atoms with E-state index in [1.54, 1.807) is 0 Å². The van der Waals surface area contributed by atoms with Crippen LogP contribution in [0.25, 0.3) is 0 Å². The summed E-state index contributed by atoms with van der Waals surface area (Å²) in [6, 6.07) is 8.32. The molecule has 1 aliphatic rings. The maximum Gasteiger partial charge on any atom is 0.0408 e. The van der Waals surface area contributed by atoms with E-state index < -0.39 is 0 Å². The maximum atomic E-state index is 6.04. The average Bonchev–Trinajstić information content (AvgIpc) is 3.07. The lowest BCUT2D eigenvalue weighted by atomic mass is 9.84. The van der Waals surface area contributed by atoms with Gasteiger partial charge < -0.3 is 0 Å². The fraction of sp³-hybridized carbons (Fsp3) is 0.625. The van der Waals surface area contributed by atoms with Crippen LogP contribution in [0.15, 0.2) is 24.3 Å². The molecule has 0 bridgehead atoms. The molecule has 1 aromatic carbocycles. The maximum absolute atomic E-state index is 6.04. The molecule has 0 amide bonds. The largest absolute Gasteiger partial charge is 0.0843 e. The lowest BCUT2D eigenvalue weighted by molar-refractivity contribution is 0.317. The van der Waals surface area contributed by atoms with Crippen molar-refractivity contribution in [3.63, 3.8) is 0 Å². The van der Waals surface area contributed by atoms with Gasteiger partial charge in [0.15, 0.2) is 0 Å². The number of hydrogen-bond donors (Lipinski definition) is 0. The summed E-state index contributed by atoms with van der Waals surface area (Å²) in [5, 5.41) is 0.861. The van der Waals surface area contributed by atoms with Crippen LogP contribution >= 0.6 is 11.6 Å². The van der Waals surface area contributed by atoms with Gasteiger partial charge in [-0.2, -0.15) is 0 Å². The predicted octanol–water partition coefficient (Wildman–Crippen LogP) is 5.66. The smallest absolute Gasteiger partial charge is 0.0408 e. The minimum absolute atomic E-state index is 0.630. The third-order valence-corrected chi connectivity index (χ3v) is 4.85. The monoisotopic (exact) mass is 250 g/mol. The molecule has 1 heteroatoms. The second-order valence-electron chi connectivity index (χ2n) is 6.01. The van der Waals surface area contributed by atoms with Gasteiger partial charge >= 0.3 is 0 Å². The van der Waals surface area contributed by atoms with Gasteiger partial charge in [0.1, 0.15) is 0 Å². The van der Waals surface area contributed by atoms with Crippen LogP contribution in [-0.4, -0.2) is 0 Å². The molecule has 2 rings (SSSR count). The molecule has 0 saturated heterocycles. The Bertz CT molecular complexity index is 377. The minimum atomic E-state index is 0.630. The van der Waals surface area contributed by atoms with E-state index in [1.807, 2.05) is 6.07 Å². The highest BCUT2D eigenvalue weighted by molar-refractivity contribution is 6.30. The van der Waals surface area contributed by atoms with Gasteiger partial charge in [-0.05, 0) is 60.6 Å². The van der Waals surface area contributed by atoms with Gasteiger partial charge in [0.25, 0.3) is 0 Å². The molecule has 1 unspecified atom stereocenters. The van der Waals surface area contributed by atoms with E-state index in [4.69, 9.17) is 11.6 Å². The molecule has 0 aromatic heterocycles. The van der Waals surface area contributed by atoms with Crippen LogP contribution in [-0.2, 0) is 0 Å².